The summed E-state index contributed by atoms with van der Waals surface area (Å²) in [6, 6.07) is 7.48. The Morgan fingerprint density at radius 1 is 1.24 bits per heavy atom. The zero-order valence-electron chi connectivity index (χ0n) is 10.5. The van der Waals surface area contributed by atoms with E-state index in [1.807, 2.05) is 38.1 Å². The second-order valence-electron chi connectivity index (χ2n) is 4.55. The van der Waals surface area contributed by atoms with Gasteiger partial charge < -0.3 is 5.73 Å². The Labute approximate surface area is 101 Å². The Kier molecular flexibility index (Phi) is 5.02. The number of halogens is 2. The van der Waals surface area contributed by atoms with E-state index in [9.17, 15) is 8.78 Å². The zero-order valence-corrected chi connectivity index (χ0v) is 10.5. The predicted molar refractivity (Wildman–Crippen MR) is 66.2 cm³/mol. The molecular formula is C13H20F2N2. The highest BCUT2D eigenvalue weighted by atomic mass is 19.3. The maximum atomic E-state index is 12.4. The van der Waals surface area contributed by atoms with Gasteiger partial charge in [-0.25, -0.2) is 8.78 Å². The minimum absolute atomic E-state index is 0.176. The van der Waals surface area contributed by atoms with Gasteiger partial charge in [-0.3, -0.25) is 4.90 Å². The first kappa shape index (κ1) is 14.1. The SMILES string of the molecule is Cc1ccc(C(C(C)N)N(C)CC(F)F)cc1. The third-order valence-electron chi connectivity index (χ3n) is 2.82. The van der Waals surface area contributed by atoms with Gasteiger partial charge >= 0.3 is 0 Å². The fourth-order valence-corrected chi connectivity index (χ4v) is 2.05. The molecule has 2 atom stereocenters. The van der Waals surface area contributed by atoms with Crippen molar-refractivity contribution >= 4 is 0 Å². The van der Waals surface area contributed by atoms with Crippen LogP contribution in [0.1, 0.15) is 24.1 Å². The summed E-state index contributed by atoms with van der Waals surface area (Å²) < 4.78 is 24.8. The lowest BCUT2D eigenvalue weighted by Crippen LogP contribution is -2.39. The molecule has 0 amide bonds. The lowest BCUT2D eigenvalue weighted by molar-refractivity contribution is 0.0754. The van der Waals surface area contributed by atoms with E-state index in [1.54, 1.807) is 11.9 Å². The van der Waals surface area contributed by atoms with E-state index >= 15 is 0 Å². The number of nitrogens with zero attached hydrogens (tertiary/aromatic N) is 1. The monoisotopic (exact) mass is 242 g/mol. The first-order chi connectivity index (χ1) is 7.91. The number of likely N-dealkylation sites (N-methyl/N-ethyl adjacent to an activating group) is 1. The molecule has 0 saturated heterocycles. The van der Waals surface area contributed by atoms with Crippen LogP contribution in [0, 0.1) is 6.92 Å². The summed E-state index contributed by atoms with van der Waals surface area (Å²) in [6.45, 7) is 3.57. The molecule has 2 N–H and O–H groups in total. The third-order valence-corrected chi connectivity index (χ3v) is 2.82. The first-order valence-corrected chi connectivity index (χ1v) is 5.72. The second-order valence-corrected chi connectivity index (χ2v) is 4.55. The fraction of sp³-hybridized carbons (Fsp3) is 0.538. The molecule has 4 heteroatoms. The molecule has 2 unspecified atom stereocenters. The standard InChI is InChI=1S/C13H20F2N2/c1-9-4-6-11(7-5-9)13(10(2)16)17(3)8-12(14)15/h4-7,10,12-13H,8,16H2,1-3H3. The van der Waals surface area contributed by atoms with Crippen LogP contribution in [-0.2, 0) is 0 Å². The van der Waals surface area contributed by atoms with Gasteiger partial charge in [0.15, 0.2) is 0 Å². The molecule has 17 heavy (non-hydrogen) atoms. The highest BCUT2D eigenvalue weighted by Gasteiger charge is 2.23. The van der Waals surface area contributed by atoms with Gasteiger partial charge in [0.25, 0.3) is 6.43 Å². The van der Waals surface area contributed by atoms with Crippen LogP contribution in [0.15, 0.2) is 24.3 Å². The summed E-state index contributed by atoms with van der Waals surface area (Å²) in [5.41, 5.74) is 8.02. The van der Waals surface area contributed by atoms with Gasteiger partial charge in [-0.15, -0.1) is 0 Å². The Balaban J connectivity index is 2.89. The quantitative estimate of drug-likeness (QED) is 0.860. The molecule has 0 aliphatic heterocycles. The summed E-state index contributed by atoms with van der Waals surface area (Å²) >= 11 is 0. The average molecular weight is 242 g/mol. The van der Waals surface area contributed by atoms with Gasteiger partial charge in [-0.05, 0) is 26.5 Å². The van der Waals surface area contributed by atoms with E-state index in [-0.39, 0.29) is 18.6 Å². The number of hydrogen-bond donors (Lipinski definition) is 1. The molecule has 0 heterocycles. The number of hydrogen-bond acceptors (Lipinski definition) is 2. The van der Waals surface area contributed by atoms with E-state index < -0.39 is 6.43 Å². The molecule has 96 valence electrons. The van der Waals surface area contributed by atoms with Crippen LogP contribution in [-0.4, -0.2) is 31.0 Å². The van der Waals surface area contributed by atoms with Gasteiger partial charge in [0.1, 0.15) is 0 Å². The Morgan fingerprint density at radius 2 is 1.76 bits per heavy atom. The molecule has 0 aromatic heterocycles. The number of rotatable bonds is 5. The smallest absolute Gasteiger partial charge is 0.251 e. The Morgan fingerprint density at radius 3 is 2.18 bits per heavy atom. The molecule has 1 aromatic carbocycles. The first-order valence-electron chi connectivity index (χ1n) is 5.72. The second kappa shape index (κ2) is 6.07. The minimum Gasteiger partial charge on any atom is -0.326 e. The number of aryl methyl sites for hydroxylation is 1. The van der Waals surface area contributed by atoms with E-state index in [0.29, 0.717) is 0 Å². The van der Waals surface area contributed by atoms with Crippen LogP contribution < -0.4 is 5.73 Å². The molecule has 0 bridgehead atoms. The zero-order chi connectivity index (χ0) is 13.0. The summed E-state index contributed by atoms with van der Waals surface area (Å²) in [7, 11) is 1.68. The van der Waals surface area contributed by atoms with Crippen molar-refractivity contribution in [1.29, 1.82) is 0 Å². The van der Waals surface area contributed by atoms with Gasteiger partial charge in [0.2, 0.25) is 0 Å². The highest BCUT2D eigenvalue weighted by molar-refractivity contribution is 5.25. The van der Waals surface area contributed by atoms with Crippen molar-refractivity contribution in [3.8, 4) is 0 Å². The molecule has 0 radical (unpaired) electrons. The maximum absolute atomic E-state index is 12.4. The van der Waals surface area contributed by atoms with Crippen molar-refractivity contribution in [2.75, 3.05) is 13.6 Å². The van der Waals surface area contributed by atoms with Crippen molar-refractivity contribution < 1.29 is 8.78 Å². The Bertz CT molecular complexity index is 336. The maximum Gasteiger partial charge on any atom is 0.251 e. The third kappa shape index (κ3) is 4.06. The van der Waals surface area contributed by atoms with Crippen molar-refractivity contribution in [3.05, 3.63) is 35.4 Å². The summed E-state index contributed by atoms with van der Waals surface area (Å²) in [5.74, 6) is 0. The Hall–Kier alpha value is -1.00. The number of nitrogens with two attached hydrogens (primary N) is 1. The molecule has 0 saturated carbocycles. The minimum atomic E-state index is -2.34. The molecule has 1 aromatic rings. The van der Waals surface area contributed by atoms with Crippen LogP contribution in [0.4, 0.5) is 8.78 Å². The number of benzene rings is 1. The van der Waals surface area contributed by atoms with Gasteiger partial charge in [0, 0.05) is 12.1 Å². The van der Waals surface area contributed by atoms with Crippen LogP contribution in [0.25, 0.3) is 0 Å². The highest BCUT2D eigenvalue weighted by Crippen LogP contribution is 2.23. The molecule has 2 nitrogen and oxygen atoms in total. The molecule has 0 fully saturated rings. The molecular weight excluding hydrogens is 222 g/mol. The van der Waals surface area contributed by atoms with Crippen LogP contribution in [0.3, 0.4) is 0 Å². The fourth-order valence-electron chi connectivity index (χ4n) is 2.05. The summed E-state index contributed by atoms with van der Waals surface area (Å²) in [5, 5.41) is 0. The van der Waals surface area contributed by atoms with Crippen LogP contribution in [0.2, 0.25) is 0 Å². The summed E-state index contributed by atoms with van der Waals surface area (Å²) in [4.78, 5) is 1.61. The van der Waals surface area contributed by atoms with E-state index in [4.69, 9.17) is 5.73 Å². The van der Waals surface area contributed by atoms with E-state index in [2.05, 4.69) is 0 Å². The van der Waals surface area contributed by atoms with E-state index in [0.717, 1.165) is 11.1 Å². The molecule has 0 aliphatic carbocycles. The van der Waals surface area contributed by atoms with Crippen molar-refractivity contribution in [2.45, 2.75) is 32.4 Å². The molecule has 1 rings (SSSR count). The largest absolute Gasteiger partial charge is 0.326 e. The average Bonchev–Trinajstić information content (AvgIpc) is 2.19. The van der Waals surface area contributed by atoms with Crippen molar-refractivity contribution in [1.82, 2.24) is 4.90 Å². The molecule has 0 spiro atoms. The van der Waals surface area contributed by atoms with Crippen LogP contribution >= 0.6 is 0 Å². The lowest BCUT2D eigenvalue weighted by Gasteiger charge is -2.31. The predicted octanol–water partition coefficient (Wildman–Crippen LogP) is 2.58. The van der Waals surface area contributed by atoms with E-state index in [1.165, 1.54) is 0 Å². The van der Waals surface area contributed by atoms with Crippen LogP contribution in [0.5, 0.6) is 0 Å². The van der Waals surface area contributed by atoms with Crippen molar-refractivity contribution in [2.24, 2.45) is 5.73 Å². The van der Waals surface area contributed by atoms with Crippen molar-refractivity contribution in [3.63, 3.8) is 0 Å². The summed E-state index contributed by atoms with van der Waals surface area (Å²) in [6.07, 6.45) is -2.34. The normalized spacial score (nSPS) is 15.3. The van der Waals surface area contributed by atoms with Gasteiger partial charge in [0.05, 0.1) is 6.54 Å². The van der Waals surface area contributed by atoms with Gasteiger partial charge in [-0.2, -0.15) is 0 Å². The molecule has 0 aliphatic rings. The van der Waals surface area contributed by atoms with Gasteiger partial charge in [-0.1, -0.05) is 29.8 Å². The topological polar surface area (TPSA) is 29.3 Å². The lowest BCUT2D eigenvalue weighted by atomic mass is 9.98. The number of alkyl halides is 2.